The second-order valence-electron chi connectivity index (χ2n) is 4.49. The Bertz CT molecular complexity index is 696. The number of ketones is 1. The summed E-state index contributed by atoms with van der Waals surface area (Å²) < 4.78 is 6.49. The first-order chi connectivity index (χ1) is 10.5. The Morgan fingerprint density at radius 3 is 2.36 bits per heavy atom. The van der Waals surface area contributed by atoms with Crippen LogP contribution in [0, 0.1) is 0 Å². The van der Waals surface area contributed by atoms with Gasteiger partial charge < -0.3 is 9.84 Å². The fourth-order valence-electron chi connectivity index (χ4n) is 1.82. The molecule has 0 fully saturated rings. The summed E-state index contributed by atoms with van der Waals surface area (Å²) in [5, 5.41) is 9.07. The van der Waals surface area contributed by atoms with Crippen molar-refractivity contribution in [2.24, 2.45) is 0 Å². The molecular weight excluding hydrogens is 416 g/mol. The van der Waals surface area contributed by atoms with Crippen LogP contribution in [-0.4, -0.2) is 22.2 Å². The van der Waals surface area contributed by atoms with E-state index in [1.54, 1.807) is 30.3 Å². The Kier molecular flexibility index (Phi) is 5.74. The average molecular weight is 428 g/mol. The number of carbonyl (C=O) groups excluding carboxylic acids is 1. The quantitative estimate of drug-likeness (QED) is 0.551. The maximum absolute atomic E-state index is 11.9. The number of carboxylic acids is 1. The van der Waals surface area contributed by atoms with Gasteiger partial charge in [0.1, 0.15) is 12.4 Å². The van der Waals surface area contributed by atoms with Gasteiger partial charge in [-0.25, -0.2) is 4.79 Å². The molecule has 0 aliphatic carbocycles. The van der Waals surface area contributed by atoms with E-state index in [-0.39, 0.29) is 23.3 Å². The highest BCUT2D eigenvalue weighted by Gasteiger charge is 2.12. The van der Waals surface area contributed by atoms with E-state index in [0.717, 1.165) is 10.0 Å². The van der Waals surface area contributed by atoms with Crippen LogP contribution in [0.2, 0.25) is 0 Å². The molecule has 0 atom stereocenters. The Hall–Kier alpha value is -1.66. The molecule has 0 heterocycles. The summed E-state index contributed by atoms with van der Waals surface area (Å²) in [6.45, 7) is 0.254. The van der Waals surface area contributed by atoms with Crippen molar-refractivity contribution in [3.63, 3.8) is 0 Å². The third kappa shape index (κ3) is 4.18. The molecule has 0 saturated heterocycles. The van der Waals surface area contributed by atoms with Crippen LogP contribution in [0.25, 0.3) is 0 Å². The van der Waals surface area contributed by atoms with Crippen molar-refractivity contribution in [3.05, 3.63) is 63.6 Å². The van der Waals surface area contributed by atoms with Gasteiger partial charge in [-0.1, -0.05) is 44.0 Å². The van der Waals surface area contributed by atoms with Gasteiger partial charge in [-0.15, -0.1) is 0 Å². The lowest BCUT2D eigenvalue weighted by Crippen LogP contribution is -2.05. The first-order valence-electron chi connectivity index (χ1n) is 6.35. The van der Waals surface area contributed by atoms with Crippen LogP contribution in [0.15, 0.2) is 46.9 Å². The van der Waals surface area contributed by atoms with Crippen LogP contribution in [0.4, 0.5) is 0 Å². The molecule has 0 aliphatic rings. The number of carboxylic acid groups (broad SMARTS) is 1. The van der Waals surface area contributed by atoms with Gasteiger partial charge in [0.05, 0.1) is 16.5 Å². The van der Waals surface area contributed by atoms with Crippen LogP contribution in [0.3, 0.4) is 0 Å². The zero-order chi connectivity index (χ0) is 16.1. The predicted octanol–water partition coefficient (Wildman–Crippen LogP) is 4.30. The average Bonchev–Trinajstić information content (AvgIpc) is 2.53. The third-order valence-corrected chi connectivity index (χ3v) is 3.96. The molecule has 4 nitrogen and oxygen atoms in total. The lowest BCUT2D eigenvalue weighted by molar-refractivity contribution is 0.0696. The van der Waals surface area contributed by atoms with Crippen molar-refractivity contribution >= 4 is 43.6 Å². The maximum atomic E-state index is 11.9. The molecule has 0 aliphatic heterocycles. The highest BCUT2D eigenvalue weighted by atomic mass is 79.9. The van der Waals surface area contributed by atoms with Gasteiger partial charge in [0.25, 0.3) is 0 Å². The number of Topliss-reactive ketones (excluding diaryl/α,β-unsaturated/α-hetero) is 1. The second-order valence-corrected chi connectivity index (χ2v) is 5.96. The number of aromatic carboxylic acids is 1. The number of carbonyl (C=O) groups is 2. The maximum Gasteiger partial charge on any atom is 0.335 e. The fraction of sp³-hybridized carbons (Fsp3) is 0.125. The highest BCUT2D eigenvalue weighted by molar-refractivity contribution is 9.10. The number of hydrogen-bond donors (Lipinski definition) is 1. The molecule has 0 radical (unpaired) electrons. The summed E-state index contributed by atoms with van der Waals surface area (Å²) in [5.74, 6) is -0.543. The summed E-state index contributed by atoms with van der Waals surface area (Å²) in [7, 11) is 0. The van der Waals surface area contributed by atoms with E-state index < -0.39 is 5.97 Å². The molecule has 0 saturated carbocycles. The topological polar surface area (TPSA) is 63.6 Å². The lowest BCUT2D eigenvalue weighted by atomic mass is 10.1. The third-order valence-electron chi connectivity index (χ3n) is 2.96. The van der Waals surface area contributed by atoms with Crippen LogP contribution in [0.1, 0.15) is 26.3 Å². The van der Waals surface area contributed by atoms with Gasteiger partial charge in [-0.05, 0) is 35.9 Å². The molecule has 114 valence electrons. The zero-order valence-corrected chi connectivity index (χ0v) is 14.6. The molecule has 1 N–H and O–H groups in total. The number of alkyl halides is 1. The molecule has 0 bridgehead atoms. The summed E-state index contributed by atoms with van der Waals surface area (Å²) in [5.41, 5.74) is 1.54. The van der Waals surface area contributed by atoms with E-state index in [4.69, 9.17) is 9.84 Å². The van der Waals surface area contributed by atoms with Gasteiger partial charge in [-0.2, -0.15) is 0 Å². The van der Waals surface area contributed by atoms with Gasteiger partial charge in [0, 0.05) is 4.47 Å². The molecule has 2 aromatic carbocycles. The summed E-state index contributed by atoms with van der Waals surface area (Å²) >= 11 is 6.48. The SMILES string of the molecule is O=C(O)c1ccc(COc2ccc(Br)cc2C(=O)CBr)cc1. The lowest BCUT2D eigenvalue weighted by Gasteiger charge is -2.11. The van der Waals surface area contributed by atoms with Crippen LogP contribution in [0.5, 0.6) is 5.75 Å². The predicted molar refractivity (Wildman–Crippen MR) is 90.0 cm³/mol. The highest BCUT2D eigenvalue weighted by Crippen LogP contribution is 2.25. The fourth-order valence-corrected chi connectivity index (χ4v) is 2.49. The first-order valence-corrected chi connectivity index (χ1v) is 8.26. The van der Waals surface area contributed by atoms with Crippen LogP contribution < -0.4 is 4.74 Å². The van der Waals surface area contributed by atoms with Crippen molar-refractivity contribution in [3.8, 4) is 5.75 Å². The summed E-state index contributed by atoms with van der Waals surface area (Å²) in [6, 6.07) is 11.7. The van der Waals surface area contributed by atoms with Gasteiger partial charge in [0.15, 0.2) is 5.78 Å². The smallest absolute Gasteiger partial charge is 0.335 e. The molecule has 0 unspecified atom stereocenters. The Balaban J connectivity index is 2.14. The number of halogens is 2. The zero-order valence-electron chi connectivity index (χ0n) is 11.4. The van der Waals surface area contributed by atoms with Gasteiger partial charge in [0.2, 0.25) is 0 Å². The molecule has 0 amide bonds. The standard InChI is InChI=1S/C16H12Br2O4/c17-8-14(19)13-7-12(18)5-6-15(13)22-9-10-1-3-11(4-2-10)16(20)21/h1-7H,8-9H2,(H,20,21). The molecular formula is C16H12Br2O4. The second kappa shape index (κ2) is 7.56. The number of ether oxygens (including phenoxy) is 1. The van der Waals surface area contributed by atoms with E-state index in [1.165, 1.54) is 12.1 Å². The van der Waals surface area contributed by atoms with E-state index >= 15 is 0 Å². The minimum Gasteiger partial charge on any atom is -0.488 e. The summed E-state index contributed by atoms with van der Waals surface area (Å²) in [4.78, 5) is 22.7. The van der Waals surface area contributed by atoms with E-state index in [9.17, 15) is 9.59 Å². The van der Waals surface area contributed by atoms with Crippen LogP contribution in [-0.2, 0) is 6.61 Å². The Morgan fingerprint density at radius 2 is 1.77 bits per heavy atom. The molecule has 0 spiro atoms. The monoisotopic (exact) mass is 426 g/mol. The van der Waals surface area contributed by atoms with Crippen molar-refractivity contribution in [2.45, 2.75) is 6.61 Å². The van der Waals surface area contributed by atoms with Crippen molar-refractivity contribution in [1.29, 1.82) is 0 Å². The number of hydrogen-bond acceptors (Lipinski definition) is 3. The number of benzene rings is 2. The van der Waals surface area contributed by atoms with Gasteiger partial charge in [-0.3, -0.25) is 4.79 Å². The summed E-state index contributed by atoms with van der Waals surface area (Å²) in [6.07, 6.45) is 0. The van der Waals surface area contributed by atoms with Crippen molar-refractivity contribution < 1.29 is 19.4 Å². The largest absolute Gasteiger partial charge is 0.488 e. The van der Waals surface area contributed by atoms with E-state index in [2.05, 4.69) is 31.9 Å². The van der Waals surface area contributed by atoms with Crippen molar-refractivity contribution in [2.75, 3.05) is 5.33 Å². The van der Waals surface area contributed by atoms with Crippen LogP contribution >= 0.6 is 31.9 Å². The van der Waals surface area contributed by atoms with E-state index in [0.29, 0.717) is 11.3 Å². The Labute approximate surface area is 144 Å². The first kappa shape index (κ1) is 16.7. The molecule has 22 heavy (non-hydrogen) atoms. The van der Waals surface area contributed by atoms with Crippen molar-refractivity contribution in [1.82, 2.24) is 0 Å². The Morgan fingerprint density at radius 1 is 1.09 bits per heavy atom. The molecule has 2 rings (SSSR count). The normalized spacial score (nSPS) is 10.3. The molecule has 2 aromatic rings. The van der Waals surface area contributed by atoms with Gasteiger partial charge >= 0.3 is 5.97 Å². The minimum atomic E-state index is -0.967. The molecule has 6 heteroatoms. The minimum absolute atomic E-state index is 0.0717. The molecule has 0 aromatic heterocycles. The number of rotatable bonds is 6. The van der Waals surface area contributed by atoms with E-state index in [1.807, 2.05) is 0 Å².